The van der Waals surface area contributed by atoms with E-state index in [1.807, 2.05) is 31.2 Å². The number of hydrogen-bond acceptors (Lipinski definition) is 5. The second-order valence-electron chi connectivity index (χ2n) is 4.38. The molecule has 0 radical (unpaired) electrons. The van der Waals surface area contributed by atoms with Crippen LogP contribution in [0, 0.1) is 0 Å². The highest BCUT2D eigenvalue weighted by molar-refractivity contribution is 5.97. The number of carbonyl (C=O) groups excluding carboxylic acids is 1. The second kappa shape index (κ2) is 6.65. The van der Waals surface area contributed by atoms with Gasteiger partial charge in [-0.1, -0.05) is 6.07 Å². The van der Waals surface area contributed by atoms with Crippen LogP contribution in [-0.4, -0.2) is 19.7 Å². The lowest BCUT2D eigenvalue weighted by Crippen LogP contribution is -2.06. The number of ether oxygens (including phenoxy) is 2. The van der Waals surface area contributed by atoms with Crippen molar-refractivity contribution in [1.29, 1.82) is 0 Å². The average molecular weight is 286 g/mol. The van der Waals surface area contributed by atoms with Crippen molar-refractivity contribution in [1.82, 2.24) is 0 Å². The monoisotopic (exact) mass is 286 g/mol. The maximum atomic E-state index is 11.8. The van der Waals surface area contributed by atoms with Crippen molar-refractivity contribution in [3.63, 3.8) is 0 Å². The molecular formula is C16H18N2O3. The minimum atomic E-state index is -0.439. The summed E-state index contributed by atoms with van der Waals surface area (Å²) in [7, 11) is 1.34. The molecule has 2 aromatic carbocycles. The van der Waals surface area contributed by atoms with Gasteiger partial charge in [0.05, 0.1) is 25.0 Å². The Balaban J connectivity index is 2.30. The van der Waals surface area contributed by atoms with E-state index in [2.05, 4.69) is 5.32 Å². The van der Waals surface area contributed by atoms with Crippen molar-refractivity contribution >= 4 is 23.0 Å². The first-order valence-corrected chi connectivity index (χ1v) is 6.61. The third-order valence-corrected chi connectivity index (χ3v) is 2.87. The number of methoxy groups -OCH3 is 1. The number of anilines is 3. The zero-order valence-electron chi connectivity index (χ0n) is 12.1. The van der Waals surface area contributed by atoms with Gasteiger partial charge in [-0.2, -0.15) is 0 Å². The molecule has 0 atom stereocenters. The predicted octanol–water partition coefficient (Wildman–Crippen LogP) is 3.20. The fourth-order valence-electron chi connectivity index (χ4n) is 1.94. The molecule has 0 bridgehead atoms. The molecule has 0 aliphatic heterocycles. The highest BCUT2D eigenvalue weighted by Gasteiger charge is 2.12. The number of carbonyl (C=O) groups is 1. The van der Waals surface area contributed by atoms with E-state index in [0.29, 0.717) is 23.5 Å². The molecule has 21 heavy (non-hydrogen) atoms. The smallest absolute Gasteiger partial charge is 0.340 e. The molecule has 0 fully saturated rings. The number of nitrogen functional groups attached to an aromatic ring is 1. The van der Waals surface area contributed by atoms with Crippen molar-refractivity contribution in [2.75, 3.05) is 24.8 Å². The van der Waals surface area contributed by atoms with E-state index >= 15 is 0 Å². The van der Waals surface area contributed by atoms with Gasteiger partial charge >= 0.3 is 5.97 Å². The number of rotatable bonds is 5. The van der Waals surface area contributed by atoms with Crippen LogP contribution in [0.25, 0.3) is 0 Å². The number of hydrogen-bond donors (Lipinski definition) is 2. The third kappa shape index (κ3) is 3.66. The molecule has 2 aromatic rings. The van der Waals surface area contributed by atoms with Gasteiger partial charge in [0.25, 0.3) is 0 Å². The van der Waals surface area contributed by atoms with Crippen molar-refractivity contribution in [3.8, 4) is 5.75 Å². The number of nitrogens with two attached hydrogens (primary N) is 1. The Kier molecular flexibility index (Phi) is 4.66. The summed E-state index contributed by atoms with van der Waals surface area (Å²) < 4.78 is 10.2. The van der Waals surface area contributed by atoms with Crippen LogP contribution in [0.4, 0.5) is 17.1 Å². The van der Waals surface area contributed by atoms with E-state index in [9.17, 15) is 4.79 Å². The average Bonchev–Trinajstić information content (AvgIpc) is 2.49. The van der Waals surface area contributed by atoms with Crippen LogP contribution < -0.4 is 15.8 Å². The fourth-order valence-corrected chi connectivity index (χ4v) is 1.94. The quantitative estimate of drug-likeness (QED) is 0.652. The van der Waals surface area contributed by atoms with Crippen molar-refractivity contribution < 1.29 is 14.3 Å². The molecule has 5 heteroatoms. The summed E-state index contributed by atoms with van der Waals surface area (Å²) in [5.41, 5.74) is 8.06. The van der Waals surface area contributed by atoms with Crippen LogP contribution in [0.2, 0.25) is 0 Å². The lowest BCUT2D eigenvalue weighted by molar-refractivity contribution is 0.0602. The Morgan fingerprint density at radius 3 is 2.76 bits per heavy atom. The van der Waals surface area contributed by atoms with Crippen LogP contribution in [0.1, 0.15) is 17.3 Å². The van der Waals surface area contributed by atoms with E-state index in [1.165, 1.54) is 7.11 Å². The van der Waals surface area contributed by atoms with Crippen molar-refractivity contribution in [3.05, 3.63) is 48.0 Å². The van der Waals surface area contributed by atoms with E-state index < -0.39 is 5.97 Å². The highest BCUT2D eigenvalue weighted by atomic mass is 16.5. The SMILES string of the molecule is CCOc1cccc(Nc2ccc(N)cc2C(=O)OC)c1. The maximum absolute atomic E-state index is 11.8. The largest absolute Gasteiger partial charge is 0.494 e. The molecule has 0 spiro atoms. The van der Waals surface area contributed by atoms with Gasteiger partial charge in [-0.25, -0.2) is 4.79 Å². The molecule has 5 nitrogen and oxygen atoms in total. The third-order valence-electron chi connectivity index (χ3n) is 2.87. The molecule has 0 aliphatic rings. The predicted molar refractivity (Wildman–Crippen MR) is 83.1 cm³/mol. The van der Waals surface area contributed by atoms with Gasteiger partial charge in [0.1, 0.15) is 5.75 Å². The molecule has 0 heterocycles. The molecule has 3 N–H and O–H groups in total. The summed E-state index contributed by atoms with van der Waals surface area (Å²) in [6.45, 7) is 2.52. The van der Waals surface area contributed by atoms with E-state index in [-0.39, 0.29) is 0 Å². The standard InChI is InChI=1S/C16H18N2O3/c1-3-21-13-6-4-5-12(10-13)18-15-8-7-11(17)9-14(15)16(19)20-2/h4-10,18H,3,17H2,1-2H3. The van der Waals surface area contributed by atoms with Crippen LogP contribution in [-0.2, 0) is 4.74 Å². The molecule has 0 aliphatic carbocycles. The summed E-state index contributed by atoms with van der Waals surface area (Å²) in [5.74, 6) is 0.323. The van der Waals surface area contributed by atoms with Gasteiger partial charge < -0.3 is 20.5 Å². The van der Waals surface area contributed by atoms with Gasteiger partial charge in [-0.3, -0.25) is 0 Å². The Morgan fingerprint density at radius 1 is 1.24 bits per heavy atom. The molecular weight excluding hydrogens is 268 g/mol. The lowest BCUT2D eigenvalue weighted by Gasteiger charge is -2.12. The maximum Gasteiger partial charge on any atom is 0.340 e. The van der Waals surface area contributed by atoms with Crippen molar-refractivity contribution in [2.24, 2.45) is 0 Å². The van der Waals surface area contributed by atoms with E-state index in [1.54, 1.807) is 18.2 Å². The molecule has 0 unspecified atom stereocenters. The Morgan fingerprint density at radius 2 is 2.05 bits per heavy atom. The molecule has 0 saturated carbocycles. The minimum absolute atomic E-state index is 0.388. The summed E-state index contributed by atoms with van der Waals surface area (Å²) in [5, 5.41) is 3.18. The lowest BCUT2D eigenvalue weighted by atomic mass is 10.1. The second-order valence-corrected chi connectivity index (χ2v) is 4.38. The topological polar surface area (TPSA) is 73.6 Å². The number of benzene rings is 2. The van der Waals surface area contributed by atoms with Crippen LogP contribution in [0.15, 0.2) is 42.5 Å². The Labute approximate surface area is 123 Å². The molecule has 0 saturated heterocycles. The first kappa shape index (κ1) is 14.7. The summed E-state index contributed by atoms with van der Waals surface area (Å²) in [4.78, 5) is 11.8. The Bertz CT molecular complexity index is 641. The van der Waals surface area contributed by atoms with Crippen LogP contribution >= 0.6 is 0 Å². The number of esters is 1. The molecule has 110 valence electrons. The number of nitrogens with one attached hydrogen (secondary N) is 1. The van der Waals surface area contributed by atoms with Crippen LogP contribution in [0.3, 0.4) is 0 Å². The minimum Gasteiger partial charge on any atom is -0.494 e. The van der Waals surface area contributed by atoms with Gasteiger partial charge in [0.2, 0.25) is 0 Å². The van der Waals surface area contributed by atoms with Gasteiger partial charge in [0, 0.05) is 17.4 Å². The summed E-state index contributed by atoms with van der Waals surface area (Å²) >= 11 is 0. The zero-order valence-corrected chi connectivity index (χ0v) is 12.1. The van der Waals surface area contributed by atoms with Gasteiger partial charge in [-0.15, -0.1) is 0 Å². The molecule has 0 amide bonds. The normalized spacial score (nSPS) is 10.0. The molecule has 0 aromatic heterocycles. The first-order valence-electron chi connectivity index (χ1n) is 6.61. The summed E-state index contributed by atoms with van der Waals surface area (Å²) in [6.07, 6.45) is 0. The van der Waals surface area contributed by atoms with Crippen LogP contribution in [0.5, 0.6) is 5.75 Å². The first-order chi connectivity index (χ1) is 10.1. The van der Waals surface area contributed by atoms with E-state index in [4.69, 9.17) is 15.2 Å². The highest BCUT2D eigenvalue weighted by Crippen LogP contribution is 2.26. The zero-order chi connectivity index (χ0) is 15.2. The van der Waals surface area contributed by atoms with Gasteiger partial charge in [-0.05, 0) is 37.3 Å². The summed E-state index contributed by atoms with van der Waals surface area (Å²) in [6, 6.07) is 12.6. The van der Waals surface area contributed by atoms with Crippen molar-refractivity contribution in [2.45, 2.75) is 6.92 Å². The molecule has 2 rings (SSSR count). The van der Waals surface area contributed by atoms with Gasteiger partial charge in [0.15, 0.2) is 0 Å². The van der Waals surface area contributed by atoms with E-state index in [0.717, 1.165) is 11.4 Å². The Hall–Kier alpha value is -2.69. The fraction of sp³-hybridized carbons (Fsp3) is 0.188.